The molecule has 10 heavy (non-hydrogen) atoms. The van der Waals surface area contributed by atoms with Crippen molar-refractivity contribution in [3.63, 3.8) is 0 Å². The summed E-state index contributed by atoms with van der Waals surface area (Å²) in [5.74, 6) is 0. The lowest BCUT2D eigenvalue weighted by atomic mass is 9.73. The molecule has 0 aliphatic heterocycles. The molecule has 1 radical (unpaired) electrons. The van der Waals surface area contributed by atoms with Crippen molar-refractivity contribution < 1.29 is 0 Å². The van der Waals surface area contributed by atoms with E-state index in [2.05, 4.69) is 6.07 Å². The zero-order chi connectivity index (χ0) is 7.56. The summed E-state index contributed by atoms with van der Waals surface area (Å²) in [6, 6.07) is 6.04. The Hall–Kier alpha value is -0.915. The second kappa shape index (κ2) is 2.78. The zero-order valence-electron chi connectivity index (χ0n) is 6.39. The smallest absolute Gasteiger partial charge is 0.148 e. The van der Waals surface area contributed by atoms with Gasteiger partial charge in [-0.15, -0.1) is 0 Å². The van der Waals surface area contributed by atoms with E-state index < -0.39 is 0 Å². The lowest BCUT2D eigenvalue weighted by Gasteiger charge is -1.99. The molecule has 0 saturated carbocycles. The fraction of sp³-hybridized carbons (Fsp3) is 0.250. The molecule has 0 aliphatic rings. The summed E-state index contributed by atoms with van der Waals surface area (Å²) in [7, 11) is 2.04. The van der Waals surface area contributed by atoms with Crippen LogP contribution in [0.25, 0.3) is 0 Å². The average molecular weight is 132 g/mol. The summed E-state index contributed by atoms with van der Waals surface area (Å²) in [6.45, 7) is 4.05. The number of hydrogen-bond donors (Lipinski definition) is 1. The molecule has 0 aromatic heterocycles. The molecule has 2 N–H and O–H groups in total. The first-order valence-corrected chi connectivity index (χ1v) is 3.39. The van der Waals surface area contributed by atoms with Gasteiger partial charge in [0.2, 0.25) is 0 Å². The van der Waals surface area contributed by atoms with Crippen molar-refractivity contribution in [3.05, 3.63) is 23.8 Å². The normalized spacial score (nSPS) is 9.40. The number of anilines is 1. The third kappa shape index (κ3) is 1.53. The summed E-state index contributed by atoms with van der Waals surface area (Å²) in [6.07, 6.45) is 0. The van der Waals surface area contributed by atoms with Crippen LogP contribution in [0.15, 0.2) is 18.2 Å². The van der Waals surface area contributed by atoms with E-state index in [1.807, 2.05) is 33.2 Å². The average Bonchev–Trinajstić information content (AvgIpc) is 1.85. The van der Waals surface area contributed by atoms with E-state index in [1.54, 1.807) is 0 Å². The number of hydrogen-bond acceptors (Lipinski definition) is 1. The van der Waals surface area contributed by atoms with E-state index >= 15 is 0 Å². The Morgan fingerprint density at radius 2 is 2.00 bits per heavy atom. The van der Waals surface area contributed by atoms with Crippen LogP contribution in [0, 0.1) is 6.92 Å². The van der Waals surface area contributed by atoms with Crippen molar-refractivity contribution in [2.45, 2.75) is 13.7 Å². The molecule has 0 aliphatic carbocycles. The molecule has 0 atom stereocenters. The first-order chi connectivity index (χ1) is 4.72. The molecule has 0 saturated heterocycles. The van der Waals surface area contributed by atoms with Crippen LogP contribution in [0.2, 0.25) is 6.82 Å². The van der Waals surface area contributed by atoms with Crippen LogP contribution in [0.4, 0.5) is 5.69 Å². The summed E-state index contributed by atoms with van der Waals surface area (Å²) in [4.78, 5) is 0. The standard InChI is InChI=1S/C8H11BN/c1-6-3-7(9-2)5-8(10)4-6/h3-5H,10H2,1-2H3. The summed E-state index contributed by atoms with van der Waals surface area (Å²) in [5, 5.41) is 0. The molecule has 1 aromatic rings. The summed E-state index contributed by atoms with van der Waals surface area (Å²) < 4.78 is 0. The Morgan fingerprint density at radius 1 is 1.30 bits per heavy atom. The number of nitrogen functional groups attached to an aromatic ring is 1. The summed E-state index contributed by atoms with van der Waals surface area (Å²) in [5.41, 5.74) is 8.86. The van der Waals surface area contributed by atoms with E-state index in [0.717, 1.165) is 5.69 Å². The predicted octanol–water partition coefficient (Wildman–Crippen LogP) is 0.955. The van der Waals surface area contributed by atoms with Crippen LogP contribution in [0.3, 0.4) is 0 Å². The Labute approximate surface area is 62.5 Å². The van der Waals surface area contributed by atoms with Crippen LogP contribution >= 0.6 is 0 Å². The lowest BCUT2D eigenvalue weighted by Crippen LogP contribution is -2.11. The zero-order valence-corrected chi connectivity index (χ0v) is 6.39. The van der Waals surface area contributed by atoms with Crippen LogP contribution < -0.4 is 11.2 Å². The minimum absolute atomic E-state index is 0.841. The van der Waals surface area contributed by atoms with Crippen LogP contribution in [0.5, 0.6) is 0 Å². The van der Waals surface area contributed by atoms with E-state index in [9.17, 15) is 0 Å². The molecule has 1 aromatic carbocycles. The minimum Gasteiger partial charge on any atom is -0.399 e. The van der Waals surface area contributed by atoms with E-state index in [4.69, 9.17) is 5.73 Å². The molecular formula is C8H11BN. The van der Waals surface area contributed by atoms with Gasteiger partial charge >= 0.3 is 0 Å². The highest BCUT2D eigenvalue weighted by atomic mass is 14.5. The van der Waals surface area contributed by atoms with Gasteiger partial charge in [-0.25, -0.2) is 0 Å². The van der Waals surface area contributed by atoms with Crippen LogP contribution in [-0.2, 0) is 0 Å². The number of nitrogens with two attached hydrogens (primary N) is 1. The van der Waals surface area contributed by atoms with Gasteiger partial charge in [0.15, 0.2) is 0 Å². The van der Waals surface area contributed by atoms with Crippen molar-refractivity contribution in [3.8, 4) is 0 Å². The van der Waals surface area contributed by atoms with Crippen molar-refractivity contribution in [1.82, 2.24) is 0 Å². The molecule has 51 valence electrons. The maximum atomic E-state index is 5.62. The topological polar surface area (TPSA) is 26.0 Å². The summed E-state index contributed by atoms with van der Waals surface area (Å²) >= 11 is 0. The number of benzene rings is 1. The molecule has 0 amide bonds. The molecule has 0 fully saturated rings. The van der Waals surface area contributed by atoms with Gasteiger partial charge in [0.25, 0.3) is 0 Å². The quantitative estimate of drug-likeness (QED) is 0.446. The lowest BCUT2D eigenvalue weighted by molar-refractivity contribution is 1.49. The van der Waals surface area contributed by atoms with Crippen LogP contribution in [0.1, 0.15) is 5.56 Å². The van der Waals surface area contributed by atoms with E-state index in [0.29, 0.717) is 0 Å². The maximum Gasteiger partial charge on any atom is 0.148 e. The fourth-order valence-corrected chi connectivity index (χ4v) is 1.01. The molecule has 0 unspecified atom stereocenters. The molecule has 1 nitrogen and oxygen atoms in total. The maximum absolute atomic E-state index is 5.62. The third-order valence-electron chi connectivity index (χ3n) is 1.46. The van der Waals surface area contributed by atoms with Crippen molar-refractivity contribution >= 4 is 18.4 Å². The first kappa shape index (κ1) is 7.20. The van der Waals surface area contributed by atoms with Crippen molar-refractivity contribution in [2.75, 3.05) is 5.73 Å². The first-order valence-electron chi connectivity index (χ1n) is 3.39. The second-order valence-electron chi connectivity index (χ2n) is 2.47. The van der Waals surface area contributed by atoms with E-state index in [1.165, 1.54) is 11.0 Å². The highest BCUT2D eigenvalue weighted by Gasteiger charge is 1.92. The Balaban J connectivity index is 3.06. The molecule has 0 spiro atoms. The number of aryl methyl sites for hydroxylation is 1. The van der Waals surface area contributed by atoms with Gasteiger partial charge < -0.3 is 5.73 Å². The molecule has 0 bridgehead atoms. The molecular weight excluding hydrogens is 121 g/mol. The van der Waals surface area contributed by atoms with Crippen molar-refractivity contribution in [1.29, 1.82) is 0 Å². The number of rotatable bonds is 1. The van der Waals surface area contributed by atoms with Gasteiger partial charge in [-0.3, -0.25) is 0 Å². The van der Waals surface area contributed by atoms with Crippen molar-refractivity contribution in [2.24, 2.45) is 0 Å². The van der Waals surface area contributed by atoms with E-state index in [-0.39, 0.29) is 0 Å². The Bertz CT molecular complexity index is 212. The third-order valence-corrected chi connectivity index (χ3v) is 1.46. The van der Waals surface area contributed by atoms with Gasteiger partial charge in [0.1, 0.15) is 7.28 Å². The SMILES string of the molecule is C[B]c1cc(C)cc(N)c1. The molecule has 2 heteroatoms. The largest absolute Gasteiger partial charge is 0.399 e. The second-order valence-corrected chi connectivity index (χ2v) is 2.47. The van der Waals surface area contributed by atoms with Crippen LogP contribution in [-0.4, -0.2) is 7.28 Å². The highest BCUT2D eigenvalue weighted by molar-refractivity contribution is 6.52. The van der Waals surface area contributed by atoms with Gasteiger partial charge in [-0.05, 0) is 24.6 Å². The minimum atomic E-state index is 0.841. The van der Waals surface area contributed by atoms with Gasteiger partial charge in [0.05, 0.1) is 0 Å². The molecule has 0 heterocycles. The van der Waals surface area contributed by atoms with Gasteiger partial charge in [0, 0.05) is 5.69 Å². The van der Waals surface area contributed by atoms with Gasteiger partial charge in [-0.1, -0.05) is 18.4 Å². The highest BCUT2D eigenvalue weighted by Crippen LogP contribution is 2.01. The monoisotopic (exact) mass is 132 g/mol. The predicted molar refractivity (Wildman–Crippen MR) is 46.8 cm³/mol. The Kier molecular flexibility index (Phi) is 2.00. The molecule has 1 rings (SSSR count). The van der Waals surface area contributed by atoms with Gasteiger partial charge in [-0.2, -0.15) is 0 Å². The fourth-order valence-electron chi connectivity index (χ4n) is 1.01. The Morgan fingerprint density at radius 3 is 2.50 bits per heavy atom.